The van der Waals surface area contributed by atoms with E-state index in [-0.39, 0.29) is 29.5 Å². The molecule has 7 nitrogen and oxygen atoms in total. The second-order valence-corrected chi connectivity index (χ2v) is 13.7. The molecule has 1 atom stereocenters. The van der Waals surface area contributed by atoms with Gasteiger partial charge >= 0.3 is 0 Å². The molecule has 2 amide bonds. The molecule has 0 bridgehead atoms. The molecule has 1 N–H and O–H groups in total. The van der Waals surface area contributed by atoms with Gasteiger partial charge in [0, 0.05) is 29.5 Å². The lowest BCUT2D eigenvalue weighted by atomic mass is 10.0. The summed E-state index contributed by atoms with van der Waals surface area (Å²) in [7, 11) is -4.22. The van der Waals surface area contributed by atoms with Crippen LogP contribution in [-0.2, 0) is 32.6 Å². The molecule has 0 radical (unpaired) electrons. The molecule has 45 heavy (non-hydrogen) atoms. The van der Waals surface area contributed by atoms with E-state index in [2.05, 4.69) is 5.32 Å². The van der Waals surface area contributed by atoms with Crippen molar-refractivity contribution in [3.05, 3.63) is 126 Å². The molecule has 0 aromatic heterocycles. The molecule has 10 heteroatoms. The van der Waals surface area contributed by atoms with Crippen LogP contribution in [-0.4, -0.2) is 50.0 Å². The second-order valence-electron chi connectivity index (χ2n) is 11.0. The number of carbonyl (C=O) groups excluding carboxylic acids is 2. The summed E-state index contributed by atoms with van der Waals surface area (Å²) < 4.78 is 44.3. The Bertz CT molecular complexity index is 1700. The maximum atomic E-state index is 15.0. The van der Waals surface area contributed by atoms with E-state index in [0.29, 0.717) is 5.69 Å². The van der Waals surface area contributed by atoms with Crippen LogP contribution in [0.25, 0.3) is 0 Å². The van der Waals surface area contributed by atoms with Crippen molar-refractivity contribution in [2.75, 3.05) is 17.1 Å². The number of rotatable bonds is 13. The Labute approximate surface area is 269 Å². The van der Waals surface area contributed by atoms with Crippen molar-refractivity contribution in [2.45, 2.75) is 55.6 Å². The Morgan fingerprint density at radius 1 is 0.867 bits per heavy atom. The quantitative estimate of drug-likeness (QED) is 0.174. The van der Waals surface area contributed by atoms with Gasteiger partial charge in [-0.25, -0.2) is 12.8 Å². The molecule has 0 aliphatic heterocycles. The van der Waals surface area contributed by atoms with Gasteiger partial charge in [-0.15, -0.1) is 11.8 Å². The van der Waals surface area contributed by atoms with Crippen molar-refractivity contribution in [3.63, 3.8) is 0 Å². The lowest BCUT2D eigenvalue weighted by Gasteiger charge is -2.34. The summed E-state index contributed by atoms with van der Waals surface area (Å²) in [6.45, 7) is 4.67. The second kappa shape index (κ2) is 15.2. The van der Waals surface area contributed by atoms with Crippen LogP contribution >= 0.6 is 11.8 Å². The number of aryl methyl sites for hydroxylation is 1. The van der Waals surface area contributed by atoms with Gasteiger partial charge in [0.25, 0.3) is 10.0 Å². The average Bonchev–Trinajstić information content (AvgIpc) is 3.03. The zero-order valence-electron chi connectivity index (χ0n) is 25.8. The summed E-state index contributed by atoms with van der Waals surface area (Å²) in [5.41, 5.74) is 2.21. The average molecular weight is 648 g/mol. The number of hydrogen-bond acceptors (Lipinski definition) is 5. The number of halogens is 1. The molecule has 4 aromatic carbocycles. The molecule has 4 aromatic rings. The zero-order chi connectivity index (χ0) is 32.6. The highest BCUT2D eigenvalue weighted by Crippen LogP contribution is 2.27. The van der Waals surface area contributed by atoms with Crippen molar-refractivity contribution in [3.8, 4) is 0 Å². The first-order chi connectivity index (χ1) is 21.5. The van der Waals surface area contributed by atoms with E-state index in [0.717, 1.165) is 20.3 Å². The van der Waals surface area contributed by atoms with Crippen LogP contribution in [0.1, 0.15) is 30.5 Å². The van der Waals surface area contributed by atoms with E-state index < -0.39 is 40.2 Å². The lowest BCUT2D eigenvalue weighted by Crippen LogP contribution is -2.54. The van der Waals surface area contributed by atoms with Gasteiger partial charge in [-0.2, -0.15) is 0 Å². The first kappa shape index (κ1) is 33.7. The number of sulfonamides is 1. The number of carbonyl (C=O) groups is 2. The standard InChI is InChI=1S/C35H38FN3O4S2/c1-25(2)37-35(41)33(22-27-10-6-5-7-11-27)38(23-28-12-8-9-13-32(28)36)34(40)24-39(29-16-14-26(3)15-17-29)45(42,43)31-20-18-30(44-4)19-21-31/h5-21,25,33H,22-24H2,1-4H3,(H,37,41)/t33-/m1/s1. The van der Waals surface area contributed by atoms with Gasteiger partial charge in [0.2, 0.25) is 11.8 Å². The molecule has 0 fully saturated rings. The van der Waals surface area contributed by atoms with Gasteiger partial charge in [0.05, 0.1) is 10.6 Å². The van der Waals surface area contributed by atoms with Crippen molar-refractivity contribution >= 4 is 39.3 Å². The Morgan fingerprint density at radius 2 is 1.49 bits per heavy atom. The summed E-state index contributed by atoms with van der Waals surface area (Å²) in [4.78, 5) is 30.3. The number of anilines is 1. The molecule has 4 rings (SSSR count). The maximum Gasteiger partial charge on any atom is 0.264 e. The highest BCUT2D eigenvalue weighted by Gasteiger charge is 2.35. The molecular formula is C35H38FN3O4S2. The molecule has 0 spiro atoms. The summed E-state index contributed by atoms with van der Waals surface area (Å²) in [5.74, 6) is -1.60. The van der Waals surface area contributed by atoms with Crippen molar-refractivity contribution in [1.82, 2.24) is 10.2 Å². The van der Waals surface area contributed by atoms with Gasteiger partial charge in [-0.05, 0) is 75.1 Å². The van der Waals surface area contributed by atoms with E-state index in [1.165, 1.54) is 34.9 Å². The van der Waals surface area contributed by atoms with E-state index in [4.69, 9.17) is 0 Å². The van der Waals surface area contributed by atoms with E-state index in [1.54, 1.807) is 54.6 Å². The van der Waals surface area contributed by atoms with E-state index in [9.17, 15) is 18.0 Å². The topological polar surface area (TPSA) is 86.8 Å². The SMILES string of the molecule is CSc1ccc(S(=O)(=O)N(CC(=O)N(Cc2ccccc2F)[C@H](Cc2ccccc2)C(=O)NC(C)C)c2ccc(C)cc2)cc1. The minimum Gasteiger partial charge on any atom is -0.352 e. The Morgan fingerprint density at radius 3 is 2.09 bits per heavy atom. The molecule has 0 saturated heterocycles. The fourth-order valence-electron chi connectivity index (χ4n) is 4.86. The van der Waals surface area contributed by atoms with Crippen LogP contribution in [0.4, 0.5) is 10.1 Å². The maximum absolute atomic E-state index is 15.0. The number of nitrogens with zero attached hydrogens (tertiary/aromatic N) is 2. The zero-order valence-corrected chi connectivity index (χ0v) is 27.4. The number of nitrogens with one attached hydrogen (secondary N) is 1. The third-order valence-electron chi connectivity index (χ3n) is 7.25. The smallest absolute Gasteiger partial charge is 0.264 e. The summed E-state index contributed by atoms with van der Waals surface area (Å²) in [5, 5.41) is 2.90. The van der Waals surface area contributed by atoms with Crippen LogP contribution in [0, 0.1) is 12.7 Å². The van der Waals surface area contributed by atoms with Gasteiger partial charge in [-0.3, -0.25) is 13.9 Å². The molecular weight excluding hydrogens is 610 g/mol. The highest BCUT2D eigenvalue weighted by molar-refractivity contribution is 7.98. The van der Waals surface area contributed by atoms with Gasteiger partial charge in [0.15, 0.2) is 0 Å². The summed E-state index contributed by atoms with van der Waals surface area (Å²) >= 11 is 1.48. The van der Waals surface area contributed by atoms with Crippen LogP contribution in [0.15, 0.2) is 113 Å². The highest BCUT2D eigenvalue weighted by atomic mass is 32.2. The minimum atomic E-state index is -4.22. The van der Waals surface area contributed by atoms with Crippen LogP contribution in [0.3, 0.4) is 0 Å². The first-order valence-corrected chi connectivity index (χ1v) is 17.3. The molecule has 236 valence electrons. The molecule has 0 aliphatic carbocycles. The minimum absolute atomic E-state index is 0.0210. The van der Waals surface area contributed by atoms with Crippen LogP contribution < -0.4 is 9.62 Å². The molecule has 0 saturated carbocycles. The van der Waals surface area contributed by atoms with Gasteiger partial charge < -0.3 is 10.2 Å². The predicted molar refractivity (Wildman–Crippen MR) is 178 cm³/mol. The van der Waals surface area contributed by atoms with E-state index >= 15 is 4.39 Å². The normalized spacial score (nSPS) is 12.0. The third-order valence-corrected chi connectivity index (χ3v) is 9.78. The van der Waals surface area contributed by atoms with Gasteiger partial charge in [0.1, 0.15) is 18.4 Å². The Hall–Kier alpha value is -4.15. The molecule has 0 heterocycles. The largest absolute Gasteiger partial charge is 0.352 e. The fraction of sp³-hybridized carbons (Fsp3) is 0.257. The Balaban J connectivity index is 1.81. The van der Waals surface area contributed by atoms with Crippen LogP contribution in [0.5, 0.6) is 0 Å². The van der Waals surface area contributed by atoms with Gasteiger partial charge in [-0.1, -0.05) is 66.2 Å². The van der Waals surface area contributed by atoms with Crippen molar-refractivity contribution in [1.29, 1.82) is 0 Å². The monoisotopic (exact) mass is 647 g/mol. The third kappa shape index (κ3) is 8.73. The van der Waals surface area contributed by atoms with Crippen molar-refractivity contribution < 1.29 is 22.4 Å². The Kier molecular flexibility index (Phi) is 11.4. The van der Waals surface area contributed by atoms with E-state index in [1.807, 2.05) is 57.4 Å². The molecule has 0 unspecified atom stereocenters. The predicted octanol–water partition coefficient (Wildman–Crippen LogP) is 6.22. The van der Waals surface area contributed by atoms with Crippen LogP contribution in [0.2, 0.25) is 0 Å². The number of benzene rings is 4. The number of hydrogen-bond donors (Lipinski definition) is 1. The van der Waals surface area contributed by atoms with Crippen molar-refractivity contribution in [2.24, 2.45) is 0 Å². The molecule has 0 aliphatic rings. The lowest BCUT2D eigenvalue weighted by molar-refractivity contribution is -0.140. The number of thioether (sulfide) groups is 1. The first-order valence-electron chi connectivity index (χ1n) is 14.6. The summed E-state index contributed by atoms with van der Waals surface area (Å²) in [6, 6.07) is 27.3. The fourth-order valence-corrected chi connectivity index (χ4v) is 6.68. The summed E-state index contributed by atoms with van der Waals surface area (Å²) in [6.07, 6.45) is 2.04. The number of amides is 2.